The Bertz CT molecular complexity index is 478. The normalized spacial score (nSPS) is 11.1. The summed E-state index contributed by atoms with van der Waals surface area (Å²) < 4.78 is 13.5. The largest absolute Gasteiger partial charge is 0.478 e. The quantitative estimate of drug-likeness (QED) is 0.867. The Morgan fingerprint density at radius 1 is 1.33 bits per heavy atom. The highest BCUT2D eigenvalue weighted by Crippen LogP contribution is 2.16. The van der Waals surface area contributed by atoms with Crippen molar-refractivity contribution < 1.29 is 19.1 Å². The summed E-state index contributed by atoms with van der Waals surface area (Å²) in [5.41, 5.74) is -0.749. The number of rotatable bonds is 3. The minimum atomic E-state index is -1.21. The molecule has 5 heteroatoms. The van der Waals surface area contributed by atoms with Gasteiger partial charge in [-0.1, -0.05) is 26.8 Å². The van der Waals surface area contributed by atoms with Crippen LogP contribution in [0.4, 0.5) is 4.39 Å². The number of carboxylic acids is 1. The topological polar surface area (TPSA) is 66.4 Å². The summed E-state index contributed by atoms with van der Waals surface area (Å²) in [4.78, 5) is 22.6. The number of halogens is 1. The second kappa shape index (κ2) is 5.16. The maximum atomic E-state index is 13.5. The number of carboxylic acid groups (broad SMARTS) is 1. The molecule has 0 unspecified atom stereocenters. The number of benzene rings is 1. The zero-order valence-electron chi connectivity index (χ0n) is 10.6. The Kier molecular flexibility index (Phi) is 4.06. The van der Waals surface area contributed by atoms with Crippen molar-refractivity contribution in [2.45, 2.75) is 27.3 Å². The van der Waals surface area contributed by atoms with E-state index in [1.807, 2.05) is 0 Å². The molecule has 1 amide bonds. The number of hydrogen-bond acceptors (Lipinski definition) is 2. The van der Waals surface area contributed by atoms with E-state index in [1.165, 1.54) is 18.2 Å². The minimum absolute atomic E-state index is 0.0115. The van der Waals surface area contributed by atoms with Crippen molar-refractivity contribution >= 4 is 11.9 Å². The molecular formula is C13H16FNO3. The first kappa shape index (κ1) is 14.2. The molecule has 0 heterocycles. The zero-order chi connectivity index (χ0) is 13.9. The van der Waals surface area contributed by atoms with Gasteiger partial charge in [-0.3, -0.25) is 4.79 Å². The van der Waals surface area contributed by atoms with E-state index in [0.29, 0.717) is 0 Å². The van der Waals surface area contributed by atoms with Gasteiger partial charge in [0.25, 0.3) is 0 Å². The fourth-order valence-corrected chi connectivity index (χ4v) is 1.37. The number of nitrogens with one attached hydrogen (secondary N) is 1. The summed E-state index contributed by atoms with van der Waals surface area (Å²) in [6.07, 6.45) is 0. The van der Waals surface area contributed by atoms with Gasteiger partial charge in [-0.15, -0.1) is 0 Å². The Labute approximate surface area is 105 Å². The molecule has 0 saturated carbocycles. The average Bonchev–Trinajstić information content (AvgIpc) is 2.25. The molecule has 0 spiro atoms. The lowest BCUT2D eigenvalue weighted by molar-refractivity contribution is -0.128. The van der Waals surface area contributed by atoms with Gasteiger partial charge in [0.15, 0.2) is 0 Å². The van der Waals surface area contributed by atoms with Crippen molar-refractivity contribution in [3.63, 3.8) is 0 Å². The second-order valence-electron chi connectivity index (χ2n) is 5.00. The Balaban J connectivity index is 2.92. The second-order valence-corrected chi connectivity index (χ2v) is 5.00. The van der Waals surface area contributed by atoms with E-state index in [-0.39, 0.29) is 23.6 Å². The van der Waals surface area contributed by atoms with Crippen molar-refractivity contribution in [2.75, 3.05) is 0 Å². The van der Waals surface area contributed by atoms with Crippen LogP contribution >= 0.6 is 0 Å². The fraction of sp³-hybridized carbons (Fsp3) is 0.385. The van der Waals surface area contributed by atoms with Gasteiger partial charge < -0.3 is 10.4 Å². The highest BCUT2D eigenvalue weighted by atomic mass is 19.1. The Morgan fingerprint density at radius 2 is 1.94 bits per heavy atom. The Hall–Kier alpha value is -1.91. The smallest absolute Gasteiger partial charge is 0.336 e. The van der Waals surface area contributed by atoms with Crippen LogP contribution < -0.4 is 5.32 Å². The molecule has 18 heavy (non-hydrogen) atoms. The van der Waals surface area contributed by atoms with Crippen molar-refractivity contribution in [1.82, 2.24) is 5.32 Å². The lowest BCUT2D eigenvalue weighted by Crippen LogP contribution is -2.34. The Morgan fingerprint density at radius 3 is 2.44 bits per heavy atom. The van der Waals surface area contributed by atoms with Gasteiger partial charge in [0.05, 0.1) is 5.56 Å². The molecule has 98 valence electrons. The van der Waals surface area contributed by atoms with E-state index in [0.717, 1.165) is 0 Å². The maximum absolute atomic E-state index is 13.5. The summed E-state index contributed by atoms with van der Waals surface area (Å²) in [6, 6.07) is 3.81. The van der Waals surface area contributed by atoms with Crippen LogP contribution in [0.1, 0.15) is 36.7 Å². The zero-order valence-corrected chi connectivity index (χ0v) is 10.6. The number of aromatic carboxylic acids is 1. The SMILES string of the molecule is CC(C)(C)C(=O)NCc1c(F)cccc1C(=O)O. The van der Waals surface area contributed by atoms with Gasteiger partial charge in [-0.2, -0.15) is 0 Å². The van der Waals surface area contributed by atoms with E-state index >= 15 is 0 Å². The lowest BCUT2D eigenvalue weighted by atomic mass is 9.95. The van der Waals surface area contributed by atoms with Gasteiger partial charge >= 0.3 is 5.97 Å². The number of hydrogen-bond donors (Lipinski definition) is 2. The third kappa shape index (κ3) is 3.29. The molecule has 1 aromatic carbocycles. The summed E-state index contributed by atoms with van der Waals surface area (Å²) in [6.45, 7) is 5.04. The molecule has 0 saturated heterocycles. The minimum Gasteiger partial charge on any atom is -0.478 e. The highest BCUT2D eigenvalue weighted by molar-refractivity contribution is 5.89. The van der Waals surface area contributed by atoms with Crippen molar-refractivity contribution in [2.24, 2.45) is 5.41 Å². The molecule has 0 aliphatic carbocycles. The maximum Gasteiger partial charge on any atom is 0.336 e. The summed E-state index contributed by atoms with van der Waals surface area (Å²) in [7, 11) is 0. The van der Waals surface area contributed by atoms with Crippen LogP contribution in [0.2, 0.25) is 0 Å². The predicted molar refractivity (Wildman–Crippen MR) is 64.7 cm³/mol. The average molecular weight is 253 g/mol. The number of amides is 1. The molecule has 0 atom stereocenters. The third-order valence-electron chi connectivity index (χ3n) is 2.46. The first-order chi connectivity index (χ1) is 8.23. The van der Waals surface area contributed by atoms with Gasteiger partial charge in [-0.25, -0.2) is 9.18 Å². The van der Waals surface area contributed by atoms with Crippen LogP contribution in [-0.2, 0) is 11.3 Å². The molecule has 0 aliphatic heterocycles. The van der Waals surface area contributed by atoms with E-state index in [4.69, 9.17) is 5.11 Å². The van der Waals surface area contributed by atoms with Crippen molar-refractivity contribution in [3.8, 4) is 0 Å². The summed E-state index contributed by atoms with van der Waals surface area (Å²) >= 11 is 0. The molecule has 4 nitrogen and oxygen atoms in total. The molecule has 0 radical (unpaired) electrons. The summed E-state index contributed by atoms with van der Waals surface area (Å²) in [5.74, 6) is -2.11. The van der Waals surface area contributed by atoms with Crippen LogP contribution in [0, 0.1) is 11.2 Å². The van der Waals surface area contributed by atoms with Crippen molar-refractivity contribution in [1.29, 1.82) is 0 Å². The van der Waals surface area contributed by atoms with Gasteiger partial charge in [0, 0.05) is 17.5 Å². The van der Waals surface area contributed by atoms with Crippen LogP contribution in [0.5, 0.6) is 0 Å². The monoisotopic (exact) mass is 253 g/mol. The molecule has 0 fully saturated rings. The van der Waals surface area contributed by atoms with Crippen LogP contribution in [0.25, 0.3) is 0 Å². The first-order valence-corrected chi connectivity index (χ1v) is 5.52. The predicted octanol–water partition coefficient (Wildman–Crippen LogP) is 2.19. The van der Waals surface area contributed by atoms with Crippen LogP contribution in [-0.4, -0.2) is 17.0 Å². The van der Waals surface area contributed by atoms with Gasteiger partial charge in [0.2, 0.25) is 5.91 Å². The molecule has 1 aromatic rings. The first-order valence-electron chi connectivity index (χ1n) is 5.52. The van der Waals surface area contributed by atoms with Crippen LogP contribution in [0.15, 0.2) is 18.2 Å². The van der Waals surface area contributed by atoms with Crippen LogP contribution in [0.3, 0.4) is 0 Å². The lowest BCUT2D eigenvalue weighted by Gasteiger charge is -2.18. The number of carbonyl (C=O) groups is 2. The molecule has 0 aliphatic rings. The third-order valence-corrected chi connectivity index (χ3v) is 2.46. The molecule has 2 N–H and O–H groups in total. The van der Waals surface area contributed by atoms with E-state index in [1.54, 1.807) is 20.8 Å². The molecule has 1 rings (SSSR count). The summed E-state index contributed by atoms with van der Waals surface area (Å²) in [5, 5.41) is 11.5. The van der Waals surface area contributed by atoms with E-state index in [2.05, 4.69) is 5.32 Å². The fourth-order valence-electron chi connectivity index (χ4n) is 1.37. The van der Waals surface area contributed by atoms with Gasteiger partial charge in [0.1, 0.15) is 5.82 Å². The molecule has 0 aromatic heterocycles. The standard InChI is InChI=1S/C13H16FNO3/c1-13(2,3)12(18)15-7-9-8(11(16)17)5-4-6-10(9)14/h4-6H,7H2,1-3H3,(H,15,18)(H,16,17). The molecule has 0 bridgehead atoms. The van der Waals surface area contributed by atoms with Gasteiger partial charge in [-0.05, 0) is 12.1 Å². The van der Waals surface area contributed by atoms with Crippen molar-refractivity contribution in [3.05, 3.63) is 35.1 Å². The highest BCUT2D eigenvalue weighted by Gasteiger charge is 2.22. The molecular weight excluding hydrogens is 237 g/mol. The van der Waals surface area contributed by atoms with E-state index in [9.17, 15) is 14.0 Å². The van der Waals surface area contributed by atoms with E-state index < -0.39 is 17.2 Å². The number of carbonyl (C=O) groups excluding carboxylic acids is 1.